The lowest BCUT2D eigenvalue weighted by atomic mass is 10.1. The fraction of sp³-hybridized carbons (Fsp3) is 0.571. The summed E-state index contributed by atoms with van der Waals surface area (Å²) in [6, 6.07) is -0.197. The number of thiazole rings is 1. The van der Waals surface area contributed by atoms with Crippen molar-refractivity contribution in [3.8, 4) is 0 Å². The molecule has 0 amide bonds. The Bertz CT molecular complexity index is 200. The summed E-state index contributed by atoms with van der Waals surface area (Å²) in [6.45, 7) is 1.94. The van der Waals surface area contributed by atoms with Gasteiger partial charge in [0.2, 0.25) is 0 Å². The van der Waals surface area contributed by atoms with Gasteiger partial charge in [-0.2, -0.15) is 0 Å². The molecule has 0 spiro atoms. The van der Waals surface area contributed by atoms with Crippen molar-refractivity contribution < 1.29 is 5.11 Å². The van der Waals surface area contributed by atoms with Gasteiger partial charge in [0, 0.05) is 11.4 Å². The Morgan fingerprint density at radius 1 is 1.82 bits per heavy atom. The monoisotopic (exact) mass is 172 g/mol. The van der Waals surface area contributed by atoms with Crippen LogP contribution in [0.15, 0.2) is 10.9 Å². The summed E-state index contributed by atoms with van der Waals surface area (Å²) in [5.74, 6) is 0. The minimum Gasteiger partial charge on any atom is -0.385 e. The van der Waals surface area contributed by atoms with E-state index < -0.39 is 6.10 Å². The molecule has 1 rings (SSSR count). The standard InChI is InChI=1S/C7H12N2OS/c1-2-5(8)7(10)6-3-11-4-9-6/h3-5,7,10H,2,8H2,1H3. The molecule has 0 aliphatic rings. The van der Waals surface area contributed by atoms with Crippen molar-refractivity contribution in [3.63, 3.8) is 0 Å². The van der Waals surface area contributed by atoms with E-state index in [2.05, 4.69) is 4.98 Å². The molecule has 0 fully saturated rings. The molecule has 11 heavy (non-hydrogen) atoms. The third-order valence-corrected chi connectivity index (χ3v) is 2.24. The number of hydrogen-bond acceptors (Lipinski definition) is 4. The van der Waals surface area contributed by atoms with Crippen LogP contribution in [-0.4, -0.2) is 16.1 Å². The van der Waals surface area contributed by atoms with Gasteiger partial charge in [0.15, 0.2) is 0 Å². The van der Waals surface area contributed by atoms with Crippen LogP contribution in [0.2, 0.25) is 0 Å². The summed E-state index contributed by atoms with van der Waals surface area (Å²) in [5.41, 5.74) is 8.00. The van der Waals surface area contributed by atoms with Crippen molar-refractivity contribution in [2.45, 2.75) is 25.5 Å². The van der Waals surface area contributed by atoms with Crippen molar-refractivity contribution in [2.75, 3.05) is 0 Å². The topological polar surface area (TPSA) is 59.1 Å². The number of rotatable bonds is 3. The second-order valence-electron chi connectivity index (χ2n) is 2.43. The molecular weight excluding hydrogens is 160 g/mol. The SMILES string of the molecule is CCC(N)C(O)c1cscn1. The van der Waals surface area contributed by atoms with Crippen molar-refractivity contribution in [1.29, 1.82) is 0 Å². The second kappa shape index (κ2) is 3.80. The Labute approximate surface area is 69.9 Å². The molecule has 1 heterocycles. The van der Waals surface area contributed by atoms with Crippen molar-refractivity contribution >= 4 is 11.3 Å². The third kappa shape index (κ3) is 1.99. The quantitative estimate of drug-likeness (QED) is 0.712. The number of hydrogen-bond donors (Lipinski definition) is 2. The highest BCUT2D eigenvalue weighted by Gasteiger charge is 2.15. The maximum atomic E-state index is 9.50. The van der Waals surface area contributed by atoms with Gasteiger partial charge >= 0.3 is 0 Å². The molecule has 0 aromatic carbocycles. The summed E-state index contributed by atoms with van der Waals surface area (Å²) in [6.07, 6.45) is 0.157. The Morgan fingerprint density at radius 2 is 2.55 bits per heavy atom. The summed E-state index contributed by atoms with van der Waals surface area (Å²) in [5, 5.41) is 11.3. The first kappa shape index (κ1) is 8.64. The first-order valence-corrected chi connectivity index (χ1v) is 4.51. The Morgan fingerprint density at radius 3 is 3.00 bits per heavy atom. The van der Waals surface area contributed by atoms with E-state index in [1.54, 1.807) is 5.51 Å². The van der Waals surface area contributed by atoms with E-state index in [1.165, 1.54) is 11.3 Å². The minimum atomic E-state index is -0.605. The molecule has 0 aliphatic heterocycles. The summed E-state index contributed by atoms with van der Waals surface area (Å²) < 4.78 is 0. The number of nitrogens with zero attached hydrogens (tertiary/aromatic N) is 1. The van der Waals surface area contributed by atoms with Crippen LogP contribution in [0, 0.1) is 0 Å². The van der Waals surface area contributed by atoms with Gasteiger partial charge in [0.05, 0.1) is 11.2 Å². The van der Waals surface area contributed by atoms with Gasteiger partial charge in [-0.15, -0.1) is 11.3 Å². The van der Waals surface area contributed by atoms with E-state index in [0.29, 0.717) is 5.69 Å². The molecule has 0 saturated heterocycles. The molecule has 3 nitrogen and oxygen atoms in total. The molecule has 1 aromatic heterocycles. The van der Waals surface area contributed by atoms with Gasteiger partial charge in [0.25, 0.3) is 0 Å². The number of nitrogens with two attached hydrogens (primary N) is 1. The van der Waals surface area contributed by atoms with E-state index in [-0.39, 0.29) is 6.04 Å². The predicted molar refractivity (Wildman–Crippen MR) is 45.3 cm³/mol. The summed E-state index contributed by atoms with van der Waals surface area (Å²) in [4.78, 5) is 3.97. The first-order valence-electron chi connectivity index (χ1n) is 3.57. The highest BCUT2D eigenvalue weighted by atomic mass is 32.1. The number of aromatic nitrogens is 1. The van der Waals surface area contributed by atoms with Crippen LogP contribution >= 0.6 is 11.3 Å². The average Bonchev–Trinajstić information content (AvgIpc) is 2.53. The van der Waals surface area contributed by atoms with Crippen molar-refractivity contribution in [2.24, 2.45) is 5.73 Å². The largest absolute Gasteiger partial charge is 0.385 e. The van der Waals surface area contributed by atoms with Gasteiger partial charge in [0.1, 0.15) is 6.10 Å². The maximum Gasteiger partial charge on any atom is 0.112 e. The van der Waals surface area contributed by atoms with Crippen LogP contribution in [0.4, 0.5) is 0 Å². The molecule has 62 valence electrons. The lowest BCUT2D eigenvalue weighted by molar-refractivity contribution is 0.140. The summed E-state index contributed by atoms with van der Waals surface area (Å²) in [7, 11) is 0. The maximum absolute atomic E-state index is 9.50. The highest BCUT2D eigenvalue weighted by Crippen LogP contribution is 2.16. The van der Waals surface area contributed by atoms with E-state index in [0.717, 1.165) is 6.42 Å². The fourth-order valence-electron chi connectivity index (χ4n) is 0.811. The first-order chi connectivity index (χ1) is 5.25. The van der Waals surface area contributed by atoms with Gasteiger partial charge in [-0.05, 0) is 6.42 Å². The zero-order valence-electron chi connectivity index (χ0n) is 6.40. The lowest BCUT2D eigenvalue weighted by Gasteiger charge is -2.14. The Hall–Kier alpha value is -0.450. The van der Waals surface area contributed by atoms with Crippen LogP contribution < -0.4 is 5.73 Å². The zero-order valence-corrected chi connectivity index (χ0v) is 7.21. The van der Waals surface area contributed by atoms with Crippen LogP contribution in [0.3, 0.4) is 0 Å². The van der Waals surface area contributed by atoms with Crippen LogP contribution in [0.25, 0.3) is 0 Å². The molecule has 3 N–H and O–H groups in total. The van der Waals surface area contributed by atoms with Crippen LogP contribution in [0.1, 0.15) is 25.1 Å². The van der Waals surface area contributed by atoms with Crippen molar-refractivity contribution in [3.05, 3.63) is 16.6 Å². The third-order valence-electron chi connectivity index (χ3n) is 1.63. The molecule has 0 aliphatic carbocycles. The van der Waals surface area contributed by atoms with Gasteiger partial charge in [-0.1, -0.05) is 6.92 Å². The number of aliphatic hydroxyl groups is 1. The minimum absolute atomic E-state index is 0.197. The zero-order chi connectivity index (χ0) is 8.27. The molecular formula is C7H12N2OS. The van der Waals surface area contributed by atoms with Crippen molar-refractivity contribution in [1.82, 2.24) is 4.98 Å². The van der Waals surface area contributed by atoms with Crippen LogP contribution in [-0.2, 0) is 0 Å². The average molecular weight is 172 g/mol. The molecule has 0 saturated carbocycles. The molecule has 0 bridgehead atoms. The Kier molecular flexibility index (Phi) is 2.99. The van der Waals surface area contributed by atoms with Gasteiger partial charge in [-0.25, -0.2) is 4.98 Å². The molecule has 1 aromatic rings. The smallest absolute Gasteiger partial charge is 0.112 e. The highest BCUT2D eigenvalue weighted by molar-refractivity contribution is 7.07. The molecule has 2 unspecified atom stereocenters. The van der Waals surface area contributed by atoms with E-state index in [4.69, 9.17) is 5.73 Å². The Balaban J connectivity index is 2.62. The summed E-state index contributed by atoms with van der Waals surface area (Å²) >= 11 is 1.47. The number of aliphatic hydroxyl groups excluding tert-OH is 1. The second-order valence-corrected chi connectivity index (χ2v) is 3.15. The molecule has 0 radical (unpaired) electrons. The van der Waals surface area contributed by atoms with Gasteiger partial charge in [-0.3, -0.25) is 0 Å². The fourth-order valence-corrected chi connectivity index (χ4v) is 1.39. The lowest BCUT2D eigenvalue weighted by Crippen LogP contribution is -2.27. The molecule has 4 heteroatoms. The molecule has 2 atom stereocenters. The van der Waals surface area contributed by atoms with E-state index in [9.17, 15) is 5.11 Å². The van der Waals surface area contributed by atoms with E-state index in [1.807, 2.05) is 12.3 Å². The van der Waals surface area contributed by atoms with E-state index >= 15 is 0 Å². The van der Waals surface area contributed by atoms with Crippen LogP contribution in [0.5, 0.6) is 0 Å². The predicted octanol–water partition coefficient (Wildman–Crippen LogP) is 0.914. The van der Waals surface area contributed by atoms with Gasteiger partial charge < -0.3 is 10.8 Å². The normalized spacial score (nSPS) is 16.3.